The molecule has 1 aromatic rings. The maximum Gasteiger partial charge on any atom is 0.253 e. The van der Waals surface area contributed by atoms with Gasteiger partial charge in [0, 0.05) is 12.2 Å². The molecule has 1 fully saturated rings. The fourth-order valence-electron chi connectivity index (χ4n) is 2.98. The van der Waals surface area contributed by atoms with Crippen molar-refractivity contribution in [1.82, 2.24) is 10.3 Å². The molecular formula is C14H22N4O. The number of nitrogens with one attached hydrogen (secondary N) is 2. The largest absolute Gasteiger partial charge is 0.349 e. The predicted octanol–water partition coefficient (Wildman–Crippen LogP) is 1.92. The Hall–Kier alpha value is -1.62. The van der Waals surface area contributed by atoms with Crippen LogP contribution in [-0.2, 0) is 0 Å². The van der Waals surface area contributed by atoms with Gasteiger partial charge >= 0.3 is 0 Å². The smallest absolute Gasteiger partial charge is 0.253 e. The lowest BCUT2D eigenvalue weighted by molar-refractivity contribution is 0.0927. The van der Waals surface area contributed by atoms with Gasteiger partial charge in [-0.1, -0.05) is 20.3 Å². The maximum atomic E-state index is 12.3. The minimum absolute atomic E-state index is 0.0797. The average molecular weight is 262 g/mol. The quantitative estimate of drug-likeness (QED) is 0.572. The number of nitrogens with two attached hydrogens (primary N) is 1. The van der Waals surface area contributed by atoms with Gasteiger partial charge in [-0.2, -0.15) is 0 Å². The van der Waals surface area contributed by atoms with Crippen molar-refractivity contribution in [3.05, 3.63) is 24.0 Å². The first-order valence-electron chi connectivity index (χ1n) is 6.88. The molecule has 0 radical (unpaired) electrons. The highest BCUT2D eigenvalue weighted by molar-refractivity contribution is 5.99. The number of nitrogens with zero attached hydrogens (tertiary/aromatic N) is 1. The average Bonchev–Trinajstić information content (AvgIpc) is 2.79. The number of carbonyl (C=O) groups is 1. The number of anilines is 1. The number of pyridine rings is 1. The molecule has 1 heterocycles. The van der Waals surface area contributed by atoms with E-state index in [9.17, 15) is 4.79 Å². The first-order chi connectivity index (χ1) is 9.17. The second kappa shape index (κ2) is 6.02. The van der Waals surface area contributed by atoms with Crippen molar-refractivity contribution in [2.75, 3.05) is 5.43 Å². The normalized spacial score (nSPS) is 26.2. The van der Waals surface area contributed by atoms with Gasteiger partial charge in [-0.25, -0.2) is 0 Å². The molecule has 19 heavy (non-hydrogen) atoms. The van der Waals surface area contributed by atoms with Crippen LogP contribution >= 0.6 is 0 Å². The minimum atomic E-state index is -0.0797. The van der Waals surface area contributed by atoms with Crippen LogP contribution in [0.3, 0.4) is 0 Å². The molecule has 5 heteroatoms. The van der Waals surface area contributed by atoms with Crippen molar-refractivity contribution in [2.24, 2.45) is 17.7 Å². The van der Waals surface area contributed by atoms with E-state index < -0.39 is 0 Å². The standard InChI is InChI=1S/C14H22N4O/c1-3-10-4-5-12(9(10)2)17-14(19)11-6-7-16-8-13(11)18-15/h6-10,12,18H,3-5,15H2,1-2H3,(H,17,19). The molecule has 1 aliphatic carbocycles. The molecular weight excluding hydrogens is 240 g/mol. The molecule has 0 saturated heterocycles. The third-order valence-corrected chi connectivity index (χ3v) is 4.29. The van der Waals surface area contributed by atoms with E-state index in [1.807, 2.05) is 0 Å². The van der Waals surface area contributed by atoms with Gasteiger partial charge in [-0.05, 0) is 30.7 Å². The summed E-state index contributed by atoms with van der Waals surface area (Å²) in [6, 6.07) is 1.94. The van der Waals surface area contributed by atoms with Crippen LogP contribution in [-0.4, -0.2) is 16.9 Å². The molecule has 1 amide bonds. The van der Waals surface area contributed by atoms with Crippen molar-refractivity contribution in [3.63, 3.8) is 0 Å². The summed E-state index contributed by atoms with van der Waals surface area (Å²) in [5.74, 6) is 6.57. The van der Waals surface area contributed by atoms with Crippen LogP contribution < -0.4 is 16.6 Å². The third kappa shape index (κ3) is 2.87. The molecule has 2 rings (SSSR count). The van der Waals surface area contributed by atoms with Crippen molar-refractivity contribution in [3.8, 4) is 0 Å². The minimum Gasteiger partial charge on any atom is -0.349 e. The highest BCUT2D eigenvalue weighted by atomic mass is 16.1. The van der Waals surface area contributed by atoms with Gasteiger partial charge in [0.05, 0.1) is 17.4 Å². The van der Waals surface area contributed by atoms with E-state index in [4.69, 9.17) is 5.84 Å². The third-order valence-electron chi connectivity index (χ3n) is 4.29. The summed E-state index contributed by atoms with van der Waals surface area (Å²) in [5, 5.41) is 3.12. The Bertz CT molecular complexity index is 449. The fraction of sp³-hybridized carbons (Fsp3) is 0.571. The van der Waals surface area contributed by atoms with Gasteiger partial charge in [-0.3, -0.25) is 15.6 Å². The molecule has 0 bridgehead atoms. The lowest BCUT2D eigenvalue weighted by Gasteiger charge is -2.21. The number of aromatic nitrogens is 1. The van der Waals surface area contributed by atoms with Gasteiger partial charge in [-0.15, -0.1) is 0 Å². The SMILES string of the molecule is CCC1CCC(NC(=O)c2ccncc2NN)C1C. The van der Waals surface area contributed by atoms with E-state index >= 15 is 0 Å². The molecule has 3 unspecified atom stereocenters. The van der Waals surface area contributed by atoms with E-state index in [0.717, 1.165) is 12.3 Å². The van der Waals surface area contributed by atoms with Crippen molar-refractivity contribution < 1.29 is 4.79 Å². The lowest BCUT2D eigenvalue weighted by Crippen LogP contribution is -2.38. The zero-order chi connectivity index (χ0) is 13.8. The van der Waals surface area contributed by atoms with E-state index in [0.29, 0.717) is 17.2 Å². The topological polar surface area (TPSA) is 80.0 Å². The Morgan fingerprint density at radius 2 is 2.32 bits per heavy atom. The predicted molar refractivity (Wildman–Crippen MR) is 75.5 cm³/mol. The molecule has 1 saturated carbocycles. The highest BCUT2D eigenvalue weighted by Gasteiger charge is 2.32. The number of carbonyl (C=O) groups excluding carboxylic acids is 1. The molecule has 5 nitrogen and oxygen atoms in total. The Kier molecular flexibility index (Phi) is 4.37. The first-order valence-corrected chi connectivity index (χ1v) is 6.88. The number of rotatable bonds is 4. The van der Waals surface area contributed by atoms with Crippen LogP contribution in [0, 0.1) is 11.8 Å². The summed E-state index contributed by atoms with van der Waals surface area (Å²) in [6.07, 6.45) is 6.59. The van der Waals surface area contributed by atoms with E-state index in [1.54, 1.807) is 18.5 Å². The molecule has 0 aromatic carbocycles. The van der Waals surface area contributed by atoms with Crippen LogP contribution in [0.15, 0.2) is 18.5 Å². The molecule has 0 aliphatic heterocycles. The number of hydrazine groups is 1. The summed E-state index contributed by atoms with van der Waals surface area (Å²) >= 11 is 0. The monoisotopic (exact) mass is 262 g/mol. The van der Waals surface area contributed by atoms with Crippen LogP contribution in [0.2, 0.25) is 0 Å². The summed E-state index contributed by atoms with van der Waals surface area (Å²) in [6.45, 7) is 4.44. The maximum absolute atomic E-state index is 12.3. The molecule has 0 spiro atoms. The van der Waals surface area contributed by atoms with Gasteiger partial charge in [0.1, 0.15) is 0 Å². The van der Waals surface area contributed by atoms with E-state index in [1.165, 1.54) is 12.8 Å². The van der Waals surface area contributed by atoms with Crippen LogP contribution in [0.4, 0.5) is 5.69 Å². The first kappa shape index (κ1) is 13.8. The van der Waals surface area contributed by atoms with E-state index in [2.05, 4.69) is 29.6 Å². The summed E-state index contributed by atoms with van der Waals surface area (Å²) in [7, 11) is 0. The lowest BCUT2D eigenvalue weighted by atomic mass is 9.93. The molecule has 1 aromatic heterocycles. The second-order valence-electron chi connectivity index (χ2n) is 5.25. The number of amides is 1. The molecule has 1 aliphatic rings. The van der Waals surface area contributed by atoms with Gasteiger partial charge < -0.3 is 10.7 Å². The zero-order valence-electron chi connectivity index (χ0n) is 11.5. The fourth-order valence-corrected chi connectivity index (χ4v) is 2.98. The molecule has 104 valence electrons. The Morgan fingerprint density at radius 1 is 1.53 bits per heavy atom. The van der Waals surface area contributed by atoms with Crippen LogP contribution in [0.1, 0.15) is 43.5 Å². The Morgan fingerprint density at radius 3 is 2.95 bits per heavy atom. The second-order valence-corrected chi connectivity index (χ2v) is 5.25. The highest BCUT2D eigenvalue weighted by Crippen LogP contribution is 2.34. The molecule has 4 N–H and O–H groups in total. The van der Waals surface area contributed by atoms with Gasteiger partial charge in [0.2, 0.25) is 0 Å². The van der Waals surface area contributed by atoms with Gasteiger partial charge in [0.15, 0.2) is 0 Å². The number of hydrogen-bond acceptors (Lipinski definition) is 4. The Balaban J connectivity index is 2.05. The van der Waals surface area contributed by atoms with Crippen molar-refractivity contribution in [2.45, 2.75) is 39.2 Å². The van der Waals surface area contributed by atoms with Crippen molar-refractivity contribution >= 4 is 11.6 Å². The Labute approximate surface area is 114 Å². The van der Waals surface area contributed by atoms with Crippen LogP contribution in [0.25, 0.3) is 0 Å². The number of hydrogen-bond donors (Lipinski definition) is 3. The van der Waals surface area contributed by atoms with Crippen molar-refractivity contribution in [1.29, 1.82) is 0 Å². The molecule has 3 atom stereocenters. The zero-order valence-corrected chi connectivity index (χ0v) is 11.5. The summed E-state index contributed by atoms with van der Waals surface area (Å²) in [5.41, 5.74) is 3.61. The summed E-state index contributed by atoms with van der Waals surface area (Å²) < 4.78 is 0. The van der Waals surface area contributed by atoms with E-state index in [-0.39, 0.29) is 11.9 Å². The van der Waals surface area contributed by atoms with Gasteiger partial charge in [0.25, 0.3) is 5.91 Å². The number of nitrogen functional groups attached to an aromatic ring is 1. The summed E-state index contributed by atoms with van der Waals surface area (Å²) in [4.78, 5) is 16.2. The van der Waals surface area contributed by atoms with Crippen LogP contribution in [0.5, 0.6) is 0 Å².